The van der Waals surface area contributed by atoms with E-state index in [0.717, 1.165) is 18.8 Å². The van der Waals surface area contributed by atoms with Gasteiger partial charge in [0.25, 0.3) is 0 Å². The van der Waals surface area contributed by atoms with Gasteiger partial charge in [0, 0.05) is 0 Å². The van der Waals surface area contributed by atoms with Gasteiger partial charge in [0.1, 0.15) is 0 Å². The lowest BCUT2D eigenvalue weighted by atomic mass is 10.0. The first kappa shape index (κ1) is 32.5. The van der Waals surface area contributed by atoms with Gasteiger partial charge in [0.2, 0.25) is 0 Å². The third-order valence-electron chi connectivity index (χ3n) is 7.06. The summed E-state index contributed by atoms with van der Waals surface area (Å²) in [7, 11) is 0. The summed E-state index contributed by atoms with van der Waals surface area (Å²) in [4.78, 5) is 12.2. The number of carbonyl (C=O) groups excluding carboxylic acids is 1. The molecule has 198 valence electrons. The van der Waals surface area contributed by atoms with E-state index in [0.29, 0.717) is 6.61 Å². The van der Waals surface area contributed by atoms with Crippen molar-refractivity contribution in [3.05, 3.63) is 0 Å². The summed E-state index contributed by atoms with van der Waals surface area (Å²) in [6.07, 6.45) is 30.6. The van der Waals surface area contributed by atoms with Gasteiger partial charge in [-0.05, 0) is 18.8 Å². The highest BCUT2D eigenvalue weighted by atomic mass is 16.5. The molecule has 0 rings (SSSR count). The van der Waals surface area contributed by atoms with E-state index in [1.54, 1.807) is 0 Å². The van der Waals surface area contributed by atoms with E-state index >= 15 is 0 Å². The standard InChI is InChI=1S/C31H62O2/c1-5-6-7-8-9-10-11-12-15-18-21-24-27-30(4)31(32)33-28-25-22-19-16-13-14-17-20-23-26-29(2)3/h29-30H,5-28H2,1-4H3. The van der Waals surface area contributed by atoms with Crippen molar-refractivity contribution in [2.45, 2.75) is 175 Å². The van der Waals surface area contributed by atoms with Crippen molar-refractivity contribution in [2.24, 2.45) is 11.8 Å². The molecule has 0 amide bonds. The van der Waals surface area contributed by atoms with Crippen molar-refractivity contribution >= 4 is 5.97 Å². The highest BCUT2D eigenvalue weighted by Crippen LogP contribution is 2.16. The fourth-order valence-electron chi connectivity index (χ4n) is 4.62. The molecule has 0 aromatic carbocycles. The van der Waals surface area contributed by atoms with Gasteiger partial charge < -0.3 is 4.74 Å². The molecule has 0 radical (unpaired) electrons. The first-order chi connectivity index (χ1) is 16.1. The quantitative estimate of drug-likeness (QED) is 0.0935. The van der Waals surface area contributed by atoms with Crippen LogP contribution < -0.4 is 0 Å². The van der Waals surface area contributed by atoms with Gasteiger partial charge in [0.05, 0.1) is 12.5 Å². The van der Waals surface area contributed by atoms with Gasteiger partial charge >= 0.3 is 5.97 Å². The zero-order valence-corrected chi connectivity index (χ0v) is 23.4. The van der Waals surface area contributed by atoms with Crippen LogP contribution in [0.15, 0.2) is 0 Å². The van der Waals surface area contributed by atoms with E-state index in [-0.39, 0.29) is 11.9 Å². The van der Waals surface area contributed by atoms with Gasteiger partial charge in [0.15, 0.2) is 0 Å². The molecule has 0 bridgehead atoms. The van der Waals surface area contributed by atoms with E-state index in [9.17, 15) is 4.79 Å². The largest absolute Gasteiger partial charge is 0.465 e. The van der Waals surface area contributed by atoms with Crippen molar-refractivity contribution in [3.63, 3.8) is 0 Å². The number of ether oxygens (including phenoxy) is 1. The lowest BCUT2D eigenvalue weighted by molar-refractivity contribution is -0.148. The number of esters is 1. The molecule has 0 aliphatic carbocycles. The van der Waals surface area contributed by atoms with Gasteiger partial charge in [-0.25, -0.2) is 0 Å². The summed E-state index contributed by atoms with van der Waals surface area (Å²) in [5.41, 5.74) is 0. The molecule has 0 spiro atoms. The Hall–Kier alpha value is -0.530. The van der Waals surface area contributed by atoms with Crippen molar-refractivity contribution < 1.29 is 9.53 Å². The second kappa shape index (κ2) is 26.1. The number of rotatable bonds is 26. The number of hydrogen-bond donors (Lipinski definition) is 0. The molecular weight excluding hydrogens is 404 g/mol. The number of unbranched alkanes of at least 4 members (excludes halogenated alkanes) is 19. The Morgan fingerprint density at radius 2 is 0.879 bits per heavy atom. The molecule has 0 heterocycles. The van der Waals surface area contributed by atoms with Crippen LogP contribution in [0.1, 0.15) is 175 Å². The lowest BCUT2D eigenvalue weighted by Crippen LogP contribution is -2.15. The molecular formula is C31H62O2. The van der Waals surface area contributed by atoms with E-state index in [1.807, 2.05) is 6.92 Å². The highest BCUT2D eigenvalue weighted by Gasteiger charge is 2.13. The maximum Gasteiger partial charge on any atom is 0.308 e. The van der Waals surface area contributed by atoms with Crippen molar-refractivity contribution in [1.82, 2.24) is 0 Å². The Balaban J connectivity index is 3.30. The van der Waals surface area contributed by atoms with Gasteiger partial charge in [-0.2, -0.15) is 0 Å². The third-order valence-corrected chi connectivity index (χ3v) is 7.06. The van der Waals surface area contributed by atoms with Crippen LogP contribution in [-0.2, 0) is 9.53 Å². The highest BCUT2D eigenvalue weighted by molar-refractivity contribution is 5.71. The van der Waals surface area contributed by atoms with Gasteiger partial charge in [-0.1, -0.05) is 163 Å². The summed E-state index contributed by atoms with van der Waals surface area (Å²) in [5, 5.41) is 0. The maximum atomic E-state index is 12.2. The van der Waals surface area contributed by atoms with E-state index < -0.39 is 0 Å². The van der Waals surface area contributed by atoms with Crippen LogP contribution in [0.5, 0.6) is 0 Å². The summed E-state index contributed by atoms with van der Waals surface area (Å²) in [5.74, 6) is 0.958. The van der Waals surface area contributed by atoms with Crippen molar-refractivity contribution in [3.8, 4) is 0 Å². The minimum absolute atomic E-state index is 0.0273. The van der Waals surface area contributed by atoms with Crippen LogP contribution >= 0.6 is 0 Å². The number of carbonyl (C=O) groups is 1. The SMILES string of the molecule is CCCCCCCCCCCCCCC(C)C(=O)OCCCCCCCCCCCC(C)C. The fraction of sp³-hybridized carbons (Fsp3) is 0.968. The Kier molecular flexibility index (Phi) is 25.7. The first-order valence-corrected chi connectivity index (χ1v) is 15.2. The Morgan fingerprint density at radius 3 is 1.30 bits per heavy atom. The van der Waals surface area contributed by atoms with E-state index in [1.165, 1.54) is 135 Å². The molecule has 1 atom stereocenters. The Labute approximate surface area is 209 Å². The molecule has 33 heavy (non-hydrogen) atoms. The summed E-state index contributed by atoms with van der Waals surface area (Å²) in [6.45, 7) is 9.58. The molecule has 0 aliphatic rings. The average Bonchev–Trinajstić information content (AvgIpc) is 2.80. The molecule has 0 aromatic rings. The minimum Gasteiger partial charge on any atom is -0.465 e. The van der Waals surface area contributed by atoms with Crippen LogP contribution in [0.3, 0.4) is 0 Å². The van der Waals surface area contributed by atoms with Crippen LogP contribution in [-0.4, -0.2) is 12.6 Å². The number of hydrogen-bond acceptors (Lipinski definition) is 2. The molecule has 0 saturated heterocycles. The molecule has 2 heteroatoms. The van der Waals surface area contributed by atoms with Crippen LogP contribution in [0.25, 0.3) is 0 Å². The predicted molar refractivity (Wildman–Crippen MR) is 147 cm³/mol. The molecule has 0 aliphatic heterocycles. The predicted octanol–water partition coefficient (Wildman–Crippen LogP) is 10.8. The zero-order valence-electron chi connectivity index (χ0n) is 23.4. The average molecular weight is 467 g/mol. The van der Waals surface area contributed by atoms with Gasteiger partial charge in [-0.15, -0.1) is 0 Å². The molecule has 2 nitrogen and oxygen atoms in total. The zero-order chi connectivity index (χ0) is 24.4. The first-order valence-electron chi connectivity index (χ1n) is 15.2. The molecule has 0 fully saturated rings. The lowest BCUT2D eigenvalue weighted by Gasteiger charge is -2.11. The van der Waals surface area contributed by atoms with Crippen LogP contribution in [0.2, 0.25) is 0 Å². The summed E-state index contributed by atoms with van der Waals surface area (Å²) in [6, 6.07) is 0. The smallest absolute Gasteiger partial charge is 0.308 e. The normalized spacial score (nSPS) is 12.4. The molecule has 0 aromatic heterocycles. The van der Waals surface area contributed by atoms with Crippen molar-refractivity contribution in [2.75, 3.05) is 6.61 Å². The second-order valence-electron chi connectivity index (χ2n) is 11.1. The molecule has 1 unspecified atom stereocenters. The summed E-state index contributed by atoms with van der Waals surface area (Å²) >= 11 is 0. The second-order valence-corrected chi connectivity index (χ2v) is 11.1. The Morgan fingerprint density at radius 1 is 0.515 bits per heavy atom. The Bertz CT molecular complexity index is 390. The van der Waals surface area contributed by atoms with Crippen LogP contribution in [0.4, 0.5) is 0 Å². The van der Waals surface area contributed by atoms with E-state index in [2.05, 4.69) is 20.8 Å². The van der Waals surface area contributed by atoms with Gasteiger partial charge in [-0.3, -0.25) is 4.79 Å². The maximum absolute atomic E-state index is 12.2. The van der Waals surface area contributed by atoms with Crippen LogP contribution in [0, 0.1) is 11.8 Å². The van der Waals surface area contributed by atoms with E-state index in [4.69, 9.17) is 4.74 Å². The summed E-state index contributed by atoms with van der Waals surface area (Å²) < 4.78 is 5.51. The fourth-order valence-corrected chi connectivity index (χ4v) is 4.62. The third kappa shape index (κ3) is 25.9. The monoisotopic (exact) mass is 466 g/mol. The molecule has 0 saturated carbocycles. The van der Waals surface area contributed by atoms with Crippen molar-refractivity contribution in [1.29, 1.82) is 0 Å². The molecule has 0 N–H and O–H groups in total. The topological polar surface area (TPSA) is 26.3 Å². The minimum atomic E-state index is 0.0273.